The van der Waals surface area contributed by atoms with Crippen molar-refractivity contribution in [2.24, 2.45) is 146 Å². The van der Waals surface area contributed by atoms with Gasteiger partial charge in [-0.15, -0.1) is 0 Å². The SMILES string of the molecule is CCC(CCCN=C(N)N)C(=O)CC(CCCN=C(N)N)C(=O)CC(CCCN=C(N)N)C(=O)CC(CCCN=C(N)N)C(=O)CC(CCCN=C(N)N)C(=O)CC(CCCN=C(N)N)C(=O)NCC(=O)N1CC(C)OC(COP(=O)(CNC)N2CC(C)CC(COP(=O)(N(C)C)N3CC(C)OC(COP(=O)(N(C)C)N4CCN(C(=O)OCCOCCOCCO)CC4)C3)C2)C1. The molecule has 0 aliphatic carbocycles. The fraction of sp³-hybridized carbons (Fsp3) is 0.827. The third-order valence-electron chi connectivity index (χ3n) is 23.0. The van der Waals surface area contributed by atoms with Crippen molar-refractivity contribution in [3.8, 4) is 0 Å². The predicted octanol–water partition coefficient (Wildman–Crippen LogP) is -0.470. The molecule has 3 amide bonds. The van der Waals surface area contributed by atoms with Crippen molar-refractivity contribution >= 4 is 105 Å². The lowest BCUT2D eigenvalue weighted by Crippen LogP contribution is -2.53. The standard InChI is InChI=1S/C81H158N27O20P3/c1-10-60(17-11-23-95-75(82)83)68(110)40-61(18-12-24-96-76(84)85)69(111)41-62(19-13-25-97-77(86)87)70(112)42-63(20-14-26-98-78(88)89)71(113)43-64(21-15-27-99-79(90)91)72(114)44-65(22-16-28-100-80(92)93)74(116)101-45-73(115)105-47-57(3)127-66(50-105)53-124-129(118,55-94-5)107-46-56(2)39-59(49-107)52-125-131(120,103(8)9)108-48-58(4)128-67(51-108)54-126-130(119,102(6)7)106-31-29-104(30-32-106)81(117)123-38-37-122-36-35-121-34-33-109/h56-67,94,109H,10-55H2,1-9H3,(H,101,116)(H4,82,83,95)(H4,84,85,96)(H4,86,87,97)(H4,88,89,98)(H4,90,91,99)(H4,92,93,100). The van der Waals surface area contributed by atoms with E-state index in [0.717, 1.165) is 0 Å². The van der Waals surface area contributed by atoms with Crippen LogP contribution in [0.25, 0.3) is 0 Å². The number of rotatable bonds is 67. The maximum Gasteiger partial charge on any atom is 0.409 e. The van der Waals surface area contributed by atoms with E-state index >= 15 is 23.5 Å². The minimum atomic E-state index is -3.80. The lowest BCUT2D eigenvalue weighted by Gasteiger charge is -2.44. The van der Waals surface area contributed by atoms with Gasteiger partial charge in [-0.3, -0.25) is 77.2 Å². The van der Waals surface area contributed by atoms with E-state index in [9.17, 15) is 28.5 Å². The van der Waals surface area contributed by atoms with Gasteiger partial charge in [-0.2, -0.15) is 0 Å². The number of Topliss-reactive ketones (excluding diaryl/α,β-unsaturated/α-hetero) is 5. The molecule has 0 bridgehead atoms. The largest absolute Gasteiger partial charge is 0.447 e. The van der Waals surface area contributed by atoms with Crippen molar-refractivity contribution in [2.75, 3.05) is 212 Å². The summed E-state index contributed by atoms with van der Waals surface area (Å²) in [5.41, 5.74) is 67.9. The Hall–Kier alpha value is -7.69. The average molecular weight is 1920 g/mol. The number of morpholine rings is 2. The van der Waals surface area contributed by atoms with Crippen molar-refractivity contribution in [3.05, 3.63) is 0 Å². The van der Waals surface area contributed by atoms with E-state index in [1.807, 2.05) is 20.8 Å². The van der Waals surface area contributed by atoms with Crippen LogP contribution in [-0.2, 0) is 84.5 Å². The molecule has 0 radical (unpaired) electrons. The molecule has 4 rings (SSSR count). The molecule has 131 heavy (non-hydrogen) atoms. The molecule has 4 saturated heterocycles. The molecule has 0 aromatic rings. The fourth-order valence-corrected chi connectivity index (χ4v) is 22.7. The van der Waals surface area contributed by atoms with Crippen LogP contribution >= 0.6 is 22.9 Å². The number of carbonyl (C=O) groups excluding carboxylic acids is 8. The van der Waals surface area contributed by atoms with Crippen LogP contribution in [0.1, 0.15) is 150 Å². The van der Waals surface area contributed by atoms with Gasteiger partial charge in [-0.1, -0.05) is 13.8 Å². The normalized spacial score (nSPS) is 20.9. The van der Waals surface area contributed by atoms with Crippen molar-refractivity contribution in [1.29, 1.82) is 0 Å². The van der Waals surface area contributed by atoms with E-state index in [0.29, 0.717) is 51.8 Å². The monoisotopic (exact) mass is 1920 g/mol. The van der Waals surface area contributed by atoms with Crippen LogP contribution in [-0.4, -0.2) is 358 Å². The number of guanidine groups is 6. The van der Waals surface area contributed by atoms with Gasteiger partial charge < -0.3 is 132 Å². The first kappa shape index (κ1) is 116. The molecule has 4 fully saturated rings. The van der Waals surface area contributed by atoms with E-state index in [-0.39, 0.29) is 287 Å². The zero-order valence-electron chi connectivity index (χ0n) is 78.7. The highest BCUT2D eigenvalue weighted by Crippen LogP contribution is 2.57. The van der Waals surface area contributed by atoms with E-state index in [1.54, 1.807) is 60.8 Å². The zero-order chi connectivity index (χ0) is 97.4. The van der Waals surface area contributed by atoms with Gasteiger partial charge in [-0.05, 0) is 151 Å². The number of ether oxygens (including phenoxy) is 5. The predicted molar refractivity (Wildman–Crippen MR) is 503 cm³/mol. The van der Waals surface area contributed by atoms with Crippen LogP contribution < -0.4 is 79.4 Å². The lowest BCUT2D eigenvalue weighted by atomic mass is 9.78. The molecule has 15 atom stereocenters. The van der Waals surface area contributed by atoms with Crippen LogP contribution in [0.2, 0.25) is 0 Å². The summed E-state index contributed by atoms with van der Waals surface area (Å²) in [7, 11) is -2.90. The number of hydrogen-bond donors (Lipinski definition) is 15. The second-order valence-corrected chi connectivity index (χ2v) is 42.1. The molecule has 0 aromatic heterocycles. The van der Waals surface area contributed by atoms with Gasteiger partial charge in [0.15, 0.2) is 35.8 Å². The maximum absolute atomic E-state index is 15.4. The van der Waals surface area contributed by atoms with E-state index in [4.69, 9.17) is 111 Å². The molecule has 0 spiro atoms. The second-order valence-electron chi connectivity index (χ2n) is 34.5. The number of nitrogens with zero attached hydrogens (tertiary/aromatic N) is 13. The Labute approximate surface area is 772 Å². The summed E-state index contributed by atoms with van der Waals surface area (Å²) in [5.74, 6) is -9.73. The molecule has 27 N–H and O–H groups in total. The Kier molecular flexibility index (Phi) is 54.1. The van der Waals surface area contributed by atoms with Crippen molar-refractivity contribution in [3.63, 3.8) is 0 Å². The molecular weight excluding hydrogens is 1760 g/mol. The average Bonchev–Trinajstić information content (AvgIpc) is 0.782. The molecule has 4 aliphatic rings. The molecule has 4 aliphatic heterocycles. The van der Waals surface area contributed by atoms with E-state index in [2.05, 4.69) is 40.6 Å². The van der Waals surface area contributed by atoms with E-state index < -0.39 is 137 Å². The van der Waals surface area contributed by atoms with Crippen molar-refractivity contribution < 1.29 is 94.4 Å². The van der Waals surface area contributed by atoms with Crippen LogP contribution in [0, 0.1) is 47.3 Å². The number of aliphatic hydroxyl groups is 1. The summed E-state index contributed by atoms with van der Waals surface area (Å²) in [5, 5.41) is 14.7. The van der Waals surface area contributed by atoms with Gasteiger partial charge in [0.25, 0.3) is 7.52 Å². The number of piperazine rings is 1. The molecule has 50 heteroatoms. The number of aliphatic imine (C=N–C) groups is 6. The van der Waals surface area contributed by atoms with Crippen molar-refractivity contribution in [1.82, 2.24) is 43.8 Å². The van der Waals surface area contributed by atoms with Gasteiger partial charge >= 0.3 is 21.4 Å². The Balaban J connectivity index is 1.50. The summed E-state index contributed by atoms with van der Waals surface area (Å²) in [6.07, 6.45) is -0.693. The Morgan fingerprint density at radius 1 is 0.450 bits per heavy atom. The van der Waals surface area contributed by atoms with Gasteiger partial charge in [-0.25, -0.2) is 28.1 Å². The first-order valence-electron chi connectivity index (χ1n) is 45.6. The number of hydrogen-bond acceptors (Lipinski definition) is 27. The summed E-state index contributed by atoms with van der Waals surface area (Å²) in [4.78, 5) is 143. The van der Waals surface area contributed by atoms with E-state index in [1.165, 1.54) is 14.5 Å². The van der Waals surface area contributed by atoms with Gasteiger partial charge in [0.1, 0.15) is 35.5 Å². The third kappa shape index (κ3) is 43.7. The highest BCUT2D eigenvalue weighted by atomic mass is 31.2. The molecule has 47 nitrogen and oxygen atoms in total. The van der Waals surface area contributed by atoms with Gasteiger partial charge in [0.2, 0.25) is 11.8 Å². The Morgan fingerprint density at radius 3 is 1.26 bits per heavy atom. The molecule has 15 unspecified atom stereocenters. The minimum Gasteiger partial charge on any atom is -0.447 e. The first-order chi connectivity index (χ1) is 62.1. The number of aliphatic hydroxyl groups excluding tert-OH is 1. The number of carbonyl (C=O) groups is 8. The molecular formula is C81H158N27O20P3. The highest BCUT2D eigenvalue weighted by molar-refractivity contribution is 7.56. The van der Waals surface area contributed by atoms with Gasteiger partial charge in [0.05, 0.1) is 90.1 Å². The summed E-state index contributed by atoms with van der Waals surface area (Å²) in [6, 6.07) is 0. The lowest BCUT2D eigenvalue weighted by molar-refractivity contribution is -0.147. The number of ketones is 5. The topological polar surface area (TPSA) is 715 Å². The molecule has 0 aromatic carbocycles. The summed E-state index contributed by atoms with van der Waals surface area (Å²) in [6.45, 7) is 10.4. The fourth-order valence-electron chi connectivity index (χ4n) is 16.4. The summed E-state index contributed by atoms with van der Waals surface area (Å²) >= 11 is 0. The molecule has 0 saturated carbocycles. The Morgan fingerprint density at radius 2 is 0.832 bits per heavy atom. The van der Waals surface area contributed by atoms with Crippen LogP contribution in [0.4, 0.5) is 4.79 Å². The smallest absolute Gasteiger partial charge is 0.409 e. The summed E-state index contributed by atoms with van der Waals surface area (Å²) < 4.78 is 102. The quantitative estimate of drug-likeness (QED) is 0.0158. The second kappa shape index (κ2) is 61.3. The number of amides is 3. The third-order valence-corrected chi connectivity index (χ3v) is 30.6. The number of piperidine rings is 1. The number of nitrogens with two attached hydrogens (primary N) is 12. The molecule has 4 heterocycles. The first-order valence-corrected chi connectivity index (χ1v) is 50.4. The van der Waals surface area contributed by atoms with Crippen LogP contribution in [0.15, 0.2) is 30.0 Å². The van der Waals surface area contributed by atoms with Crippen LogP contribution in [0.3, 0.4) is 0 Å². The van der Waals surface area contributed by atoms with Crippen molar-refractivity contribution in [2.45, 2.75) is 174 Å². The Bertz CT molecular complexity index is 3840. The number of nitrogens with one attached hydrogen (secondary N) is 2. The van der Waals surface area contributed by atoms with Crippen LogP contribution in [0.5, 0.6) is 0 Å². The zero-order valence-corrected chi connectivity index (χ0v) is 81.4. The molecule has 752 valence electrons. The van der Waals surface area contributed by atoms with Gasteiger partial charge in [0, 0.05) is 172 Å². The maximum atomic E-state index is 15.4. The highest BCUT2D eigenvalue weighted by Gasteiger charge is 2.46. The minimum absolute atomic E-state index is 0.0146.